The van der Waals surface area contributed by atoms with Crippen LogP contribution in [-0.2, 0) is 0 Å². The maximum Gasteiger partial charge on any atom is 0.326 e. The fraction of sp³-hybridized carbons (Fsp3) is 0.400. The first-order valence-corrected chi connectivity index (χ1v) is 3.74. The smallest absolute Gasteiger partial charge is 0.260 e. The number of aliphatic imine (C=N–C) groups is 1. The van der Waals surface area contributed by atoms with Crippen molar-refractivity contribution in [3.8, 4) is 0 Å². The van der Waals surface area contributed by atoms with E-state index in [0.717, 1.165) is 4.42 Å². The topological polar surface area (TPSA) is 58.7 Å². The summed E-state index contributed by atoms with van der Waals surface area (Å²) in [7, 11) is 0. The van der Waals surface area contributed by atoms with Crippen molar-refractivity contribution in [1.29, 1.82) is 0 Å². The predicted octanol–water partition coefficient (Wildman–Crippen LogP) is 1.56. The van der Waals surface area contributed by atoms with E-state index in [-0.39, 0.29) is 17.5 Å². The molecular formula is C5H5Cl2N3O2. The number of halogens is 2. The monoisotopic (exact) mass is 209 g/mol. The molecule has 0 radical (unpaired) electrons. The Kier molecular flexibility index (Phi) is 2.54. The van der Waals surface area contributed by atoms with E-state index in [1.165, 1.54) is 6.92 Å². The molecule has 0 aromatic rings. The van der Waals surface area contributed by atoms with Gasteiger partial charge < -0.3 is 0 Å². The molecule has 0 fully saturated rings. The standard InChI is InChI=1S/C5H5Cl2N3O2/c1-3-4(10(11)12)5(6)9(7)2-8-3/h2H2,1H3. The minimum Gasteiger partial charge on any atom is -0.260 e. The SMILES string of the molecule is CC1=NCN(Cl)C(Cl)=C1[N+](=O)[O-]. The van der Waals surface area contributed by atoms with E-state index in [9.17, 15) is 10.1 Å². The zero-order valence-corrected chi connectivity index (χ0v) is 7.63. The fourth-order valence-corrected chi connectivity index (χ4v) is 1.17. The Morgan fingerprint density at radius 3 is 2.75 bits per heavy atom. The molecule has 0 spiro atoms. The van der Waals surface area contributed by atoms with Crippen LogP contribution in [-0.4, -0.2) is 21.7 Å². The van der Waals surface area contributed by atoms with Crippen LogP contribution in [0.5, 0.6) is 0 Å². The zero-order valence-electron chi connectivity index (χ0n) is 6.12. The summed E-state index contributed by atoms with van der Waals surface area (Å²) < 4.78 is 0.993. The highest BCUT2D eigenvalue weighted by molar-refractivity contribution is 6.35. The van der Waals surface area contributed by atoms with Crippen LogP contribution in [0.4, 0.5) is 0 Å². The van der Waals surface area contributed by atoms with Crippen LogP contribution in [0.25, 0.3) is 0 Å². The van der Waals surface area contributed by atoms with Crippen molar-refractivity contribution < 1.29 is 4.92 Å². The first-order valence-electron chi connectivity index (χ1n) is 3.03. The molecule has 12 heavy (non-hydrogen) atoms. The van der Waals surface area contributed by atoms with Crippen LogP contribution in [0.1, 0.15) is 6.92 Å². The first-order chi connectivity index (χ1) is 5.54. The molecule has 0 N–H and O–H groups in total. The van der Waals surface area contributed by atoms with Gasteiger partial charge in [0.2, 0.25) is 5.16 Å². The quantitative estimate of drug-likeness (QED) is 0.285. The van der Waals surface area contributed by atoms with Crippen LogP contribution in [0.15, 0.2) is 15.8 Å². The van der Waals surface area contributed by atoms with Gasteiger partial charge in [0.1, 0.15) is 12.4 Å². The number of rotatable bonds is 1. The predicted molar refractivity (Wildman–Crippen MR) is 45.5 cm³/mol. The minimum atomic E-state index is -0.601. The Morgan fingerprint density at radius 2 is 2.33 bits per heavy atom. The third-order valence-corrected chi connectivity index (χ3v) is 2.11. The lowest BCUT2D eigenvalue weighted by atomic mass is 10.3. The summed E-state index contributed by atoms with van der Waals surface area (Å²) in [6.45, 7) is 1.66. The van der Waals surface area contributed by atoms with E-state index in [2.05, 4.69) is 4.99 Å². The van der Waals surface area contributed by atoms with Crippen LogP contribution < -0.4 is 0 Å². The van der Waals surface area contributed by atoms with Gasteiger partial charge in [-0.3, -0.25) is 15.1 Å². The highest BCUT2D eigenvalue weighted by Crippen LogP contribution is 2.22. The maximum absolute atomic E-state index is 10.4. The molecular weight excluding hydrogens is 205 g/mol. The molecule has 5 nitrogen and oxygen atoms in total. The molecule has 1 heterocycles. The Balaban J connectivity index is 3.12. The molecule has 0 aromatic carbocycles. The van der Waals surface area contributed by atoms with Crippen molar-refractivity contribution in [3.63, 3.8) is 0 Å². The highest BCUT2D eigenvalue weighted by Gasteiger charge is 2.27. The van der Waals surface area contributed by atoms with E-state index in [1.807, 2.05) is 0 Å². The van der Waals surface area contributed by atoms with Gasteiger partial charge >= 0.3 is 5.70 Å². The summed E-state index contributed by atoms with van der Waals surface area (Å²) in [5.74, 6) is 0. The molecule has 0 aromatic heterocycles. The summed E-state index contributed by atoms with van der Waals surface area (Å²) in [6.07, 6.45) is 0. The summed E-state index contributed by atoms with van der Waals surface area (Å²) in [5.41, 5.74) is 0.0554. The molecule has 1 aliphatic rings. The molecule has 0 aliphatic carbocycles. The van der Waals surface area contributed by atoms with Crippen LogP contribution >= 0.6 is 23.4 Å². The number of nitro groups is 1. The molecule has 0 bridgehead atoms. The van der Waals surface area contributed by atoms with Crippen molar-refractivity contribution >= 4 is 29.1 Å². The average molecular weight is 210 g/mol. The second-order valence-corrected chi connectivity index (χ2v) is 2.91. The average Bonchev–Trinajstić information content (AvgIpc) is 1.97. The van der Waals surface area contributed by atoms with E-state index >= 15 is 0 Å². The van der Waals surface area contributed by atoms with E-state index in [4.69, 9.17) is 23.4 Å². The third-order valence-electron chi connectivity index (χ3n) is 1.37. The largest absolute Gasteiger partial charge is 0.326 e. The van der Waals surface area contributed by atoms with E-state index < -0.39 is 4.92 Å². The second kappa shape index (κ2) is 3.28. The van der Waals surface area contributed by atoms with Crippen molar-refractivity contribution in [2.45, 2.75) is 6.92 Å². The summed E-state index contributed by atoms with van der Waals surface area (Å²) in [4.78, 5) is 13.6. The molecule has 0 amide bonds. The fourth-order valence-electron chi connectivity index (χ4n) is 0.777. The van der Waals surface area contributed by atoms with Crippen LogP contribution in [0.2, 0.25) is 0 Å². The van der Waals surface area contributed by atoms with Crippen molar-refractivity contribution in [1.82, 2.24) is 4.42 Å². The number of nitrogens with zero attached hydrogens (tertiary/aromatic N) is 3. The number of hydrogen-bond donors (Lipinski definition) is 0. The van der Waals surface area contributed by atoms with Crippen LogP contribution in [0, 0.1) is 10.1 Å². The maximum atomic E-state index is 10.4. The third kappa shape index (κ3) is 1.51. The minimum absolute atomic E-state index is 0.0887. The first kappa shape index (κ1) is 9.28. The Hall–Kier alpha value is -0.810. The summed E-state index contributed by atoms with van der Waals surface area (Å²) >= 11 is 11.1. The number of allylic oxidation sites excluding steroid dienone is 1. The Labute approximate surface area is 78.5 Å². The Bertz CT molecular complexity index is 286. The second-order valence-electron chi connectivity index (χ2n) is 2.14. The molecule has 0 unspecified atom stereocenters. The summed E-state index contributed by atoms with van der Waals surface area (Å²) in [6, 6.07) is 0. The lowest BCUT2D eigenvalue weighted by Crippen LogP contribution is -2.23. The molecule has 7 heteroatoms. The van der Waals surface area contributed by atoms with Crippen molar-refractivity contribution in [3.05, 3.63) is 21.0 Å². The number of hydrogen-bond acceptors (Lipinski definition) is 4. The van der Waals surface area contributed by atoms with E-state index in [0.29, 0.717) is 5.71 Å². The Morgan fingerprint density at radius 1 is 1.75 bits per heavy atom. The van der Waals surface area contributed by atoms with Gasteiger partial charge in [-0.25, -0.2) is 4.42 Å². The van der Waals surface area contributed by atoms with Gasteiger partial charge in [-0.2, -0.15) is 0 Å². The molecule has 1 aliphatic heterocycles. The molecule has 0 saturated heterocycles. The summed E-state index contributed by atoms with van der Waals surface area (Å²) in [5, 5.41) is 10.3. The molecule has 1 rings (SSSR count). The lowest BCUT2D eigenvalue weighted by Gasteiger charge is -2.16. The van der Waals surface area contributed by atoms with Crippen LogP contribution in [0.3, 0.4) is 0 Å². The van der Waals surface area contributed by atoms with Gasteiger partial charge in [0, 0.05) is 11.8 Å². The van der Waals surface area contributed by atoms with Gasteiger partial charge in [0.25, 0.3) is 0 Å². The lowest BCUT2D eigenvalue weighted by molar-refractivity contribution is -0.416. The van der Waals surface area contributed by atoms with Gasteiger partial charge in [-0.05, 0) is 6.92 Å². The van der Waals surface area contributed by atoms with E-state index in [1.54, 1.807) is 0 Å². The van der Waals surface area contributed by atoms with Crippen molar-refractivity contribution in [2.24, 2.45) is 4.99 Å². The molecule has 0 saturated carbocycles. The highest BCUT2D eigenvalue weighted by atomic mass is 35.5. The molecule has 0 atom stereocenters. The zero-order chi connectivity index (χ0) is 9.30. The van der Waals surface area contributed by atoms with Gasteiger partial charge in [-0.15, -0.1) is 0 Å². The van der Waals surface area contributed by atoms with Crippen molar-refractivity contribution in [2.75, 3.05) is 6.67 Å². The normalized spacial score (nSPS) is 17.9. The molecule has 66 valence electrons. The van der Waals surface area contributed by atoms with Gasteiger partial charge in [0.15, 0.2) is 0 Å². The van der Waals surface area contributed by atoms with Gasteiger partial charge in [0.05, 0.1) is 4.92 Å². The van der Waals surface area contributed by atoms with Gasteiger partial charge in [-0.1, -0.05) is 11.6 Å².